The highest BCUT2D eigenvalue weighted by atomic mass is 17.2. The number of nitrogens with one attached hydrogen (secondary N) is 1. The summed E-state index contributed by atoms with van der Waals surface area (Å²) in [6.07, 6.45) is -0.730. The Morgan fingerprint density at radius 3 is 1.97 bits per heavy atom. The Labute approximate surface area is 226 Å². The maximum absolute atomic E-state index is 12.6. The number of esters is 1. The fourth-order valence-electron chi connectivity index (χ4n) is 3.31. The first-order chi connectivity index (χ1) is 18.6. The van der Waals surface area contributed by atoms with Crippen LogP contribution in [0.15, 0.2) is 84.9 Å². The Hall–Kier alpha value is -4.92. The van der Waals surface area contributed by atoms with Crippen LogP contribution in [0.3, 0.4) is 0 Å². The molecule has 202 valence electrons. The summed E-state index contributed by atoms with van der Waals surface area (Å²) < 4.78 is 10.5. The lowest BCUT2D eigenvalue weighted by molar-refractivity contribution is -0.229. The van der Waals surface area contributed by atoms with Crippen molar-refractivity contribution in [1.82, 2.24) is 0 Å². The number of rotatable bonds is 9. The van der Waals surface area contributed by atoms with Crippen molar-refractivity contribution in [2.24, 2.45) is 0 Å². The van der Waals surface area contributed by atoms with Crippen LogP contribution >= 0.6 is 0 Å². The van der Waals surface area contributed by atoms with Gasteiger partial charge in [0, 0.05) is 11.3 Å². The highest BCUT2D eigenvalue weighted by Gasteiger charge is 2.22. The van der Waals surface area contributed by atoms with E-state index < -0.39 is 30.1 Å². The van der Waals surface area contributed by atoms with Crippen LogP contribution in [-0.2, 0) is 30.5 Å². The molecule has 39 heavy (non-hydrogen) atoms. The number of anilines is 1. The van der Waals surface area contributed by atoms with Gasteiger partial charge in [-0.25, -0.2) is 29.0 Å². The molecular formula is C30H29NO8. The number of benzene rings is 3. The van der Waals surface area contributed by atoms with Crippen LogP contribution in [0.4, 0.5) is 10.5 Å². The van der Waals surface area contributed by atoms with E-state index in [4.69, 9.17) is 9.47 Å². The van der Waals surface area contributed by atoms with Crippen molar-refractivity contribution in [2.75, 3.05) is 11.9 Å². The van der Waals surface area contributed by atoms with Crippen molar-refractivity contribution < 1.29 is 38.4 Å². The fourth-order valence-corrected chi connectivity index (χ4v) is 3.31. The average Bonchev–Trinajstić information content (AvgIpc) is 2.92. The lowest BCUT2D eigenvalue weighted by Crippen LogP contribution is -2.26. The number of aryl methyl sites for hydroxylation is 1. The molecule has 3 aromatic carbocycles. The van der Waals surface area contributed by atoms with Crippen LogP contribution < -0.4 is 5.32 Å². The second kappa shape index (κ2) is 13.6. The van der Waals surface area contributed by atoms with Gasteiger partial charge in [0.15, 0.2) is 0 Å². The summed E-state index contributed by atoms with van der Waals surface area (Å²) in [4.78, 5) is 57.4. The van der Waals surface area contributed by atoms with Gasteiger partial charge in [0.25, 0.3) is 0 Å². The molecule has 9 heteroatoms. The summed E-state index contributed by atoms with van der Waals surface area (Å²) in [5.74, 6) is -2.84. The minimum absolute atomic E-state index is 0.0312. The van der Waals surface area contributed by atoms with Gasteiger partial charge in [-0.05, 0) is 62.6 Å². The van der Waals surface area contributed by atoms with Crippen molar-refractivity contribution >= 4 is 29.7 Å². The van der Waals surface area contributed by atoms with E-state index in [0.717, 1.165) is 12.0 Å². The van der Waals surface area contributed by atoms with Gasteiger partial charge in [-0.15, -0.1) is 0 Å². The van der Waals surface area contributed by atoms with Gasteiger partial charge in [0.05, 0.1) is 11.1 Å². The Kier molecular flexibility index (Phi) is 9.97. The monoisotopic (exact) mass is 531 g/mol. The first-order valence-electron chi connectivity index (χ1n) is 12.1. The molecular weight excluding hydrogens is 502 g/mol. The molecule has 0 spiro atoms. The maximum atomic E-state index is 12.6. The Morgan fingerprint density at radius 2 is 1.38 bits per heavy atom. The molecule has 0 saturated heterocycles. The van der Waals surface area contributed by atoms with Crippen molar-refractivity contribution in [3.63, 3.8) is 0 Å². The fraction of sp³-hybridized carbons (Fsp3) is 0.200. The predicted octanol–water partition coefficient (Wildman–Crippen LogP) is 5.57. The molecule has 3 aromatic rings. The third-order valence-corrected chi connectivity index (χ3v) is 5.39. The summed E-state index contributed by atoms with van der Waals surface area (Å²) in [5.41, 5.74) is 3.78. The molecule has 1 atom stereocenters. The van der Waals surface area contributed by atoms with Gasteiger partial charge in [0.1, 0.15) is 12.7 Å². The third-order valence-electron chi connectivity index (χ3n) is 5.39. The van der Waals surface area contributed by atoms with Crippen molar-refractivity contribution in [2.45, 2.75) is 33.3 Å². The molecule has 0 saturated carbocycles. The summed E-state index contributed by atoms with van der Waals surface area (Å²) in [5, 5.41) is 2.64. The molecule has 1 unspecified atom stereocenters. The lowest BCUT2D eigenvalue weighted by Gasteiger charge is -2.15. The van der Waals surface area contributed by atoms with E-state index in [0.29, 0.717) is 5.69 Å². The molecule has 1 amide bonds. The Bertz CT molecular complexity index is 1350. The predicted molar refractivity (Wildman–Crippen MR) is 143 cm³/mol. The molecule has 0 aliphatic carbocycles. The highest BCUT2D eigenvalue weighted by molar-refractivity contribution is 6.03. The average molecular weight is 532 g/mol. The summed E-state index contributed by atoms with van der Waals surface area (Å²) in [6, 6.07) is 21.4. The van der Waals surface area contributed by atoms with E-state index >= 15 is 0 Å². The smallest absolute Gasteiger partial charge is 0.412 e. The number of hydrogen-bond donors (Lipinski definition) is 1. The summed E-state index contributed by atoms with van der Waals surface area (Å²) in [7, 11) is 0. The van der Waals surface area contributed by atoms with Gasteiger partial charge in [-0.2, -0.15) is 0 Å². The molecule has 0 aliphatic heterocycles. The minimum Gasteiger partial charge on any atom is -0.458 e. The number of carbonyl (C=O) groups is 4. The van der Waals surface area contributed by atoms with Gasteiger partial charge < -0.3 is 9.47 Å². The second-order valence-electron chi connectivity index (χ2n) is 8.87. The van der Waals surface area contributed by atoms with Crippen LogP contribution in [-0.4, -0.2) is 36.7 Å². The van der Waals surface area contributed by atoms with E-state index in [9.17, 15) is 19.2 Å². The quantitative estimate of drug-likeness (QED) is 0.165. The number of hydrogen-bond acceptors (Lipinski definition) is 8. The zero-order chi connectivity index (χ0) is 28.4. The zero-order valence-corrected chi connectivity index (χ0v) is 21.9. The molecule has 0 radical (unpaired) electrons. The van der Waals surface area contributed by atoms with Crippen LogP contribution in [0.25, 0.3) is 0 Å². The lowest BCUT2D eigenvalue weighted by atomic mass is 10.0. The standard InChI is InChI=1S/C30H29NO8/c1-19(2)27(32)38-39-29(34)26-8-6-5-7-25(26)28(33)36-18-21(4)37-30(35)31-24-15-13-23(14-16-24)17-22-11-9-20(3)10-12-22/h5-16,21H,1,17-18H2,2-4H3,(H,31,35). The largest absolute Gasteiger partial charge is 0.458 e. The van der Waals surface area contributed by atoms with Gasteiger partial charge in [-0.3, -0.25) is 5.32 Å². The second-order valence-corrected chi connectivity index (χ2v) is 8.87. The summed E-state index contributed by atoms with van der Waals surface area (Å²) >= 11 is 0. The summed E-state index contributed by atoms with van der Waals surface area (Å²) in [6.45, 7) is 8.08. The van der Waals surface area contributed by atoms with E-state index in [1.807, 2.05) is 19.1 Å². The van der Waals surface area contributed by atoms with Gasteiger partial charge in [-0.1, -0.05) is 60.7 Å². The van der Waals surface area contributed by atoms with E-state index in [-0.39, 0.29) is 23.3 Å². The van der Waals surface area contributed by atoms with E-state index in [2.05, 4.69) is 45.9 Å². The third kappa shape index (κ3) is 8.85. The molecule has 0 heterocycles. The molecule has 0 aliphatic rings. The normalized spacial score (nSPS) is 11.1. The Balaban J connectivity index is 1.47. The topological polar surface area (TPSA) is 117 Å². The zero-order valence-electron chi connectivity index (χ0n) is 21.9. The minimum atomic E-state index is -1.06. The molecule has 3 rings (SSSR count). The van der Waals surface area contributed by atoms with Crippen molar-refractivity contribution in [1.29, 1.82) is 0 Å². The molecule has 0 fully saturated rings. The first-order valence-corrected chi connectivity index (χ1v) is 12.1. The van der Waals surface area contributed by atoms with Crippen LogP contribution in [0, 0.1) is 6.92 Å². The molecule has 0 bridgehead atoms. The van der Waals surface area contributed by atoms with E-state index in [1.165, 1.54) is 42.3 Å². The van der Waals surface area contributed by atoms with Crippen molar-refractivity contribution in [3.8, 4) is 0 Å². The van der Waals surface area contributed by atoms with Crippen LogP contribution in [0.2, 0.25) is 0 Å². The van der Waals surface area contributed by atoms with Gasteiger partial charge in [0.2, 0.25) is 0 Å². The Morgan fingerprint density at radius 1 is 0.821 bits per heavy atom. The highest BCUT2D eigenvalue weighted by Crippen LogP contribution is 2.16. The molecule has 1 N–H and O–H groups in total. The van der Waals surface area contributed by atoms with E-state index in [1.54, 1.807) is 19.1 Å². The van der Waals surface area contributed by atoms with Crippen LogP contribution in [0.5, 0.6) is 0 Å². The van der Waals surface area contributed by atoms with Gasteiger partial charge >= 0.3 is 24.0 Å². The number of ether oxygens (including phenoxy) is 2. The molecule has 0 aromatic heterocycles. The number of amides is 1. The van der Waals surface area contributed by atoms with Crippen LogP contribution in [0.1, 0.15) is 51.3 Å². The molecule has 9 nitrogen and oxygen atoms in total. The van der Waals surface area contributed by atoms with Crippen molar-refractivity contribution in [3.05, 3.63) is 113 Å². The first kappa shape index (κ1) is 28.6. The number of carbonyl (C=O) groups excluding carboxylic acids is 4. The SMILES string of the molecule is C=C(C)C(=O)OOC(=O)c1ccccc1C(=O)OCC(C)OC(=O)Nc1ccc(Cc2ccc(C)cc2)cc1. The maximum Gasteiger partial charge on any atom is 0.412 e.